The largest absolute Gasteiger partial charge is 0.481 e. The fourth-order valence-electron chi connectivity index (χ4n) is 2.62. The van der Waals surface area contributed by atoms with E-state index in [1.54, 1.807) is 14.2 Å². The van der Waals surface area contributed by atoms with Crippen molar-refractivity contribution in [1.82, 2.24) is 4.98 Å². The number of nitrogens with zero attached hydrogens (tertiary/aromatic N) is 2. The van der Waals surface area contributed by atoms with Crippen molar-refractivity contribution in [3.8, 4) is 5.88 Å². The minimum Gasteiger partial charge on any atom is -0.481 e. The van der Waals surface area contributed by atoms with Gasteiger partial charge in [0.2, 0.25) is 5.88 Å². The van der Waals surface area contributed by atoms with Gasteiger partial charge in [0.1, 0.15) is 6.79 Å². The molecule has 21 heavy (non-hydrogen) atoms. The minimum absolute atomic E-state index is 0.377. The molecule has 0 radical (unpaired) electrons. The lowest BCUT2D eigenvalue weighted by molar-refractivity contribution is -0.0456. The second kappa shape index (κ2) is 8.00. The molecule has 0 amide bonds. The van der Waals surface area contributed by atoms with Gasteiger partial charge in [-0.15, -0.1) is 0 Å². The first kappa shape index (κ1) is 15.8. The Morgan fingerprint density at radius 1 is 1.38 bits per heavy atom. The molecule has 1 fully saturated rings. The summed E-state index contributed by atoms with van der Waals surface area (Å²) < 4.78 is 15.6. The van der Waals surface area contributed by atoms with Crippen LogP contribution < -0.4 is 9.64 Å². The third kappa shape index (κ3) is 4.19. The van der Waals surface area contributed by atoms with Crippen LogP contribution in [0.2, 0.25) is 0 Å². The summed E-state index contributed by atoms with van der Waals surface area (Å²) >= 11 is 0. The van der Waals surface area contributed by atoms with Crippen molar-refractivity contribution in [1.29, 1.82) is 0 Å². The highest BCUT2D eigenvalue weighted by atomic mass is 16.7. The first-order valence-electron chi connectivity index (χ1n) is 7.26. The number of ether oxygens (including phenoxy) is 3. The maximum Gasteiger partial charge on any atom is 0.215 e. The van der Waals surface area contributed by atoms with Gasteiger partial charge in [0, 0.05) is 38.0 Å². The molecule has 0 bridgehead atoms. The average Bonchev–Trinajstić information content (AvgIpc) is 2.55. The molecular formula is C16H24N2O3. The van der Waals surface area contributed by atoms with E-state index in [0.717, 1.165) is 43.8 Å². The highest BCUT2D eigenvalue weighted by Gasteiger charge is 2.21. The Kier molecular flexibility index (Phi) is 6.02. The van der Waals surface area contributed by atoms with Crippen LogP contribution in [0.3, 0.4) is 0 Å². The van der Waals surface area contributed by atoms with Gasteiger partial charge in [0.25, 0.3) is 0 Å². The Bertz CT molecular complexity index is 457. The summed E-state index contributed by atoms with van der Waals surface area (Å²) in [5.74, 6) is 1.24. The molecule has 0 saturated carbocycles. The SMILES string of the molecule is C=Cc1cnc(OC)cc1N1CCC(COCOC)CC1. The normalized spacial score (nSPS) is 16.0. The first-order valence-corrected chi connectivity index (χ1v) is 7.26. The van der Waals surface area contributed by atoms with Gasteiger partial charge in [-0.3, -0.25) is 0 Å². The van der Waals surface area contributed by atoms with Crippen molar-refractivity contribution in [3.05, 3.63) is 24.4 Å². The van der Waals surface area contributed by atoms with E-state index < -0.39 is 0 Å². The van der Waals surface area contributed by atoms with E-state index in [1.807, 2.05) is 18.3 Å². The Hall–Kier alpha value is -1.59. The molecule has 1 saturated heterocycles. The Morgan fingerprint density at radius 3 is 2.76 bits per heavy atom. The van der Waals surface area contributed by atoms with Gasteiger partial charge in [-0.2, -0.15) is 0 Å². The second-order valence-corrected chi connectivity index (χ2v) is 5.20. The monoisotopic (exact) mass is 292 g/mol. The first-order chi connectivity index (χ1) is 10.3. The predicted octanol–water partition coefficient (Wildman–Crippen LogP) is 2.57. The summed E-state index contributed by atoms with van der Waals surface area (Å²) in [5.41, 5.74) is 2.19. The van der Waals surface area contributed by atoms with Crippen LogP contribution in [0.15, 0.2) is 18.8 Å². The van der Waals surface area contributed by atoms with Gasteiger partial charge in [-0.1, -0.05) is 12.7 Å². The molecule has 1 aliphatic rings. The number of anilines is 1. The summed E-state index contributed by atoms with van der Waals surface area (Å²) in [6, 6.07) is 1.98. The van der Waals surface area contributed by atoms with Crippen LogP contribution in [-0.4, -0.2) is 45.7 Å². The molecule has 5 heteroatoms. The van der Waals surface area contributed by atoms with Crippen LogP contribution >= 0.6 is 0 Å². The smallest absolute Gasteiger partial charge is 0.215 e. The van der Waals surface area contributed by atoms with Crippen molar-refractivity contribution in [2.45, 2.75) is 12.8 Å². The number of hydrogen-bond acceptors (Lipinski definition) is 5. The van der Waals surface area contributed by atoms with Crippen LogP contribution in [0.1, 0.15) is 18.4 Å². The second-order valence-electron chi connectivity index (χ2n) is 5.20. The molecule has 0 atom stereocenters. The van der Waals surface area contributed by atoms with E-state index in [9.17, 15) is 0 Å². The van der Waals surface area contributed by atoms with Gasteiger partial charge in [0.15, 0.2) is 0 Å². The van der Waals surface area contributed by atoms with Gasteiger partial charge < -0.3 is 19.1 Å². The number of piperidine rings is 1. The summed E-state index contributed by atoms with van der Waals surface area (Å²) in [6.45, 7) is 7.03. The van der Waals surface area contributed by atoms with Crippen molar-refractivity contribution in [2.75, 3.05) is 45.6 Å². The van der Waals surface area contributed by atoms with Crippen molar-refractivity contribution in [2.24, 2.45) is 5.92 Å². The Balaban J connectivity index is 1.96. The molecule has 1 aromatic rings. The van der Waals surface area contributed by atoms with E-state index in [0.29, 0.717) is 18.6 Å². The summed E-state index contributed by atoms with van der Waals surface area (Å²) in [6.07, 6.45) is 5.89. The lowest BCUT2D eigenvalue weighted by atomic mass is 9.97. The van der Waals surface area contributed by atoms with E-state index >= 15 is 0 Å². The summed E-state index contributed by atoms with van der Waals surface area (Å²) in [4.78, 5) is 6.60. The van der Waals surface area contributed by atoms with E-state index in [1.165, 1.54) is 0 Å². The zero-order chi connectivity index (χ0) is 15.1. The zero-order valence-corrected chi connectivity index (χ0v) is 12.9. The molecule has 1 aliphatic heterocycles. The quantitative estimate of drug-likeness (QED) is 0.571. The number of hydrogen-bond donors (Lipinski definition) is 0. The number of methoxy groups -OCH3 is 2. The molecule has 0 N–H and O–H groups in total. The van der Waals surface area contributed by atoms with Gasteiger partial charge in [0.05, 0.1) is 19.4 Å². The molecule has 2 heterocycles. The Labute approximate surface area is 126 Å². The van der Waals surface area contributed by atoms with Crippen molar-refractivity contribution in [3.63, 3.8) is 0 Å². The lowest BCUT2D eigenvalue weighted by Gasteiger charge is -2.34. The predicted molar refractivity (Wildman–Crippen MR) is 83.6 cm³/mol. The molecule has 1 aromatic heterocycles. The Morgan fingerprint density at radius 2 is 2.14 bits per heavy atom. The molecular weight excluding hydrogens is 268 g/mol. The average molecular weight is 292 g/mol. The fourth-order valence-corrected chi connectivity index (χ4v) is 2.62. The zero-order valence-electron chi connectivity index (χ0n) is 12.9. The summed E-state index contributed by atoms with van der Waals surface area (Å²) in [5, 5.41) is 0. The standard InChI is InChI=1S/C16H24N2O3/c1-4-14-10-17-16(20-3)9-15(14)18-7-5-13(6-8-18)11-21-12-19-2/h4,9-10,13H,1,5-8,11-12H2,2-3H3. The van der Waals surface area contributed by atoms with Crippen molar-refractivity contribution >= 4 is 11.8 Å². The van der Waals surface area contributed by atoms with E-state index in [2.05, 4.69) is 16.5 Å². The van der Waals surface area contributed by atoms with Crippen LogP contribution in [0.25, 0.3) is 6.08 Å². The third-order valence-electron chi connectivity index (χ3n) is 3.83. The van der Waals surface area contributed by atoms with Crippen LogP contribution in [0.4, 0.5) is 5.69 Å². The van der Waals surface area contributed by atoms with E-state index in [4.69, 9.17) is 14.2 Å². The lowest BCUT2D eigenvalue weighted by Crippen LogP contribution is -2.35. The maximum atomic E-state index is 5.46. The van der Waals surface area contributed by atoms with Gasteiger partial charge in [-0.05, 0) is 18.8 Å². The van der Waals surface area contributed by atoms with Crippen LogP contribution in [0.5, 0.6) is 5.88 Å². The maximum absolute atomic E-state index is 5.46. The van der Waals surface area contributed by atoms with Gasteiger partial charge in [-0.25, -0.2) is 4.98 Å². The molecule has 0 aromatic carbocycles. The molecule has 0 spiro atoms. The summed E-state index contributed by atoms with van der Waals surface area (Å²) in [7, 11) is 3.29. The fraction of sp³-hybridized carbons (Fsp3) is 0.562. The topological polar surface area (TPSA) is 43.8 Å². The highest BCUT2D eigenvalue weighted by molar-refractivity contribution is 5.67. The molecule has 116 valence electrons. The third-order valence-corrected chi connectivity index (χ3v) is 3.83. The number of rotatable bonds is 7. The minimum atomic E-state index is 0.377. The number of aromatic nitrogens is 1. The van der Waals surface area contributed by atoms with Crippen LogP contribution in [-0.2, 0) is 9.47 Å². The molecule has 5 nitrogen and oxygen atoms in total. The van der Waals surface area contributed by atoms with E-state index in [-0.39, 0.29) is 0 Å². The van der Waals surface area contributed by atoms with Crippen molar-refractivity contribution < 1.29 is 14.2 Å². The molecule has 0 unspecified atom stereocenters. The highest BCUT2D eigenvalue weighted by Crippen LogP contribution is 2.29. The molecule has 0 aliphatic carbocycles. The number of pyridine rings is 1. The molecule has 2 rings (SSSR count). The van der Waals surface area contributed by atoms with Crippen LogP contribution in [0, 0.1) is 5.92 Å². The van der Waals surface area contributed by atoms with Gasteiger partial charge >= 0.3 is 0 Å².